The highest BCUT2D eigenvalue weighted by atomic mass is 16.1. The van der Waals surface area contributed by atoms with Crippen LogP contribution in [0.3, 0.4) is 0 Å². The van der Waals surface area contributed by atoms with E-state index >= 15 is 0 Å². The minimum Gasteiger partial charge on any atom is -0.367 e. The maximum Gasteiger partial charge on any atom is 0.269 e. The van der Waals surface area contributed by atoms with E-state index < -0.39 is 0 Å². The number of anilines is 3. The van der Waals surface area contributed by atoms with Gasteiger partial charge in [-0.2, -0.15) is 5.26 Å². The molecule has 0 aliphatic carbocycles. The summed E-state index contributed by atoms with van der Waals surface area (Å²) in [7, 11) is 1.54. The second-order valence-corrected chi connectivity index (χ2v) is 6.98. The molecule has 3 aromatic rings. The molecule has 4 rings (SSSR count). The van der Waals surface area contributed by atoms with Crippen molar-refractivity contribution in [2.24, 2.45) is 0 Å². The summed E-state index contributed by atoms with van der Waals surface area (Å²) >= 11 is 0. The number of hydrogen-bond donors (Lipinski definition) is 3. The molecule has 1 aliphatic heterocycles. The fraction of sp³-hybridized carbons (Fsp3) is 0.300. The third-order valence-corrected chi connectivity index (χ3v) is 5.01. The van der Waals surface area contributed by atoms with Crippen molar-refractivity contribution in [2.45, 2.75) is 6.54 Å². The second kappa shape index (κ2) is 9.19. The number of H-pyrrole nitrogens is 1. The first-order chi connectivity index (χ1) is 15.2. The number of nitrogens with zero attached hydrogens (tertiary/aromatic N) is 7. The third kappa shape index (κ3) is 4.76. The quantitative estimate of drug-likeness (QED) is 0.532. The van der Waals surface area contributed by atoms with Gasteiger partial charge in [0, 0.05) is 58.2 Å². The number of aromatic amines is 1. The molecule has 1 amide bonds. The molecule has 0 radical (unpaired) electrons. The normalized spacial score (nSPS) is 14.1. The second-order valence-electron chi connectivity index (χ2n) is 6.98. The molecule has 31 heavy (non-hydrogen) atoms. The molecule has 0 saturated carbocycles. The van der Waals surface area contributed by atoms with Crippen molar-refractivity contribution < 1.29 is 4.79 Å². The average Bonchev–Trinajstić information content (AvgIpc) is 3.32. The van der Waals surface area contributed by atoms with Crippen LogP contribution < -0.4 is 15.5 Å². The minimum atomic E-state index is -0.307. The first kappa shape index (κ1) is 20.2. The van der Waals surface area contributed by atoms with Gasteiger partial charge in [0.25, 0.3) is 5.91 Å². The van der Waals surface area contributed by atoms with Gasteiger partial charge in [-0.3, -0.25) is 9.69 Å². The number of piperazine rings is 1. The fourth-order valence-corrected chi connectivity index (χ4v) is 3.43. The van der Waals surface area contributed by atoms with Crippen LogP contribution in [0.25, 0.3) is 0 Å². The molecule has 4 heterocycles. The largest absolute Gasteiger partial charge is 0.367 e. The maximum atomic E-state index is 11.8. The first-order valence-corrected chi connectivity index (χ1v) is 9.84. The Morgan fingerprint density at radius 3 is 2.77 bits per heavy atom. The summed E-state index contributed by atoms with van der Waals surface area (Å²) in [4.78, 5) is 36.1. The van der Waals surface area contributed by atoms with Crippen molar-refractivity contribution in [1.82, 2.24) is 35.1 Å². The number of aromatic nitrogens is 5. The number of nitrogens with one attached hydrogen (secondary N) is 3. The Kier molecular flexibility index (Phi) is 6.00. The SMILES string of the molecule is CNC(=O)c1ccc(N2CCN(Cc3cc(Nc4ncc[nH]4)ncn3)CC2)c(C#N)n1. The van der Waals surface area contributed by atoms with E-state index in [2.05, 4.69) is 51.4 Å². The lowest BCUT2D eigenvalue weighted by atomic mass is 10.2. The molecule has 3 aromatic heterocycles. The Morgan fingerprint density at radius 1 is 1.23 bits per heavy atom. The summed E-state index contributed by atoms with van der Waals surface area (Å²) in [5.74, 6) is 1.00. The van der Waals surface area contributed by atoms with Crippen LogP contribution in [0.5, 0.6) is 0 Å². The molecule has 0 spiro atoms. The van der Waals surface area contributed by atoms with E-state index in [4.69, 9.17) is 0 Å². The van der Waals surface area contributed by atoms with Crippen LogP contribution in [0.4, 0.5) is 17.5 Å². The van der Waals surface area contributed by atoms with Gasteiger partial charge in [-0.1, -0.05) is 0 Å². The Morgan fingerprint density at radius 2 is 2.06 bits per heavy atom. The Bertz CT molecular complexity index is 1080. The number of rotatable bonds is 6. The van der Waals surface area contributed by atoms with Crippen LogP contribution in [-0.2, 0) is 6.54 Å². The van der Waals surface area contributed by atoms with Gasteiger partial charge in [0.05, 0.1) is 11.4 Å². The lowest BCUT2D eigenvalue weighted by Crippen LogP contribution is -2.46. The van der Waals surface area contributed by atoms with Crippen LogP contribution in [0.15, 0.2) is 36.9 Å². The predicted molar refractivity (Wildman–Crippen MR) is 114 cm³/mol. The molecule has 0 bridgehead atoms. The lowest BCUT2D eigenvalue weighted by Gasteiger charge is -2.36. The van der Waals surface area contributed by atoms with Gasteiger partial charge in [-0.05, 0) is 12.1 Å². The zero-order valence-electron chi connectivity index (χ0n) is 17.0. The zero-order valence-corrected chi connectivity index (χ0v) is 17.0. The zero-order chi connectivity index (χ0) is 21.6. The van der Waals surface area contributed by atoms with E-state index in [-0.39, 0.29) is 17.3 Å². The molecule has 1 fully saturated rings. The standard InChI is InChI=1S/C20H22N10O/c1-22-19(31)15-2-3-17(16(11-21)27-15)30-8-6-29(7-9-30)12-14-10-18(26-13-25-14)28-20-23-4-5-24-20/h2-5,10,13H,6-9,12H2,1H3,(H,22,31)(H2,23,24,25,26,28). The van der Waals surface area contributed by atoms with Gasteiger partial charge in [-0.15, -0.1) is 0 Å². The van der Waals surface area contributed by atoms with Crippen molar-refractivity contribution in [3.05, 3.63) is 54.0 Å². The number of pyridine rings is 1. The van der Waals surface area contributed by atoms with Crippen LogP contribution in [0.2, 0.25) is 0 Å². The molecule has 0 unspecified atom stereocenters. The molecule has 1 saturated heterocycles. The highest BCUT2D eigenvalue weighted by Gasteiger charge is 2.21. The fourth-order valence-electron chi connectivity index (χ4n) is 3.43. The summed E-state index contributed by atoms with van der Waals surface area (Å²) in [6, 6.07) is 7.46. The Hall–Kier alpha value is -4.04. The molecular weight excluding hydrogens is 396 g/mol. The number of hydrogen-bond acceptors (Lipinski definition) is 9. The smallest absolute Gasteiger partial charge is 0.269 e. The molecular formula is C20H22N10O. The van der Waals surface area contributed by atoms with Crippen LogP contribution in [0, 0.1) is 11.3 Å². The number of nitriles is 1. The van der Waals surface area contributed by atoms with Gasteiger partial charge in [0.1, 0.15) is 23.9 Å². The van der Waals surface area contributed by atoms with E-state index in [1.54, 1.807) is 24.5 Å². The average molecular weight is 418 g/mol. The van der Waals surface area contributed by atoms with E-state index in [0.717, 1.165) is 37.6 Å². The first-order valence-electron chi connectivity index (χ1n) is 9.84. The van der Waals surface area contributed by atoms with Gasteiger partial charge in [0.15, 0.2) is 5.69 Å². The van der Waals surface area contributed by atoms with Gasteiger partial charge >= 0.3 is 0 Å². The topological polar surface area (TPSA) is 139 Å². The van der Waals surface area contributed by atoms with Crippen LogP contribution in [0.1, 0.15) is 21.9 Å². The number of carbonyl (C=O) groups is 1. The van der Waals surface area contributed by atoms with Crippen molar-refractivity contribution in [2.75, 3.05) is 43.4 Å². The van der Waals surface area contributed by atoms with Gasteiger partial charge in [0.2, 0.25) is 5.95 Å². The summed E-state index contributed by atoms with van der Waals surface area (Å²) in [5, 5.41) is 15.1. The molecule has 158 valence electrons. The Balaban J connectivity index is 1.37. The van der Waals surface area contributed by atoms with E-state index in [9.17, 15) is 10.1 Å². The van der Waals surface area contributed by atoms with E-state index in [1.165, 1.54) is 13.4 Å². The molecule has 11 heteroatoms. The predicted octanol–water partition coefficient (Wildman–Crippen LogP) is 0.892. The van der Waals surface area contributed by atoms with Crippen molar-refractivity contribution in [1.29, 1.82) is 5.26 Å². The highest BCUT2D eigenvalue weighted by molar-refractivity contribution is 5.92. The molecule has 0 aromatic carbocycles. The molecule has 1 aliphatic rings. The molecule has 0 atom stereocenters. The van der Waals surface area contributed by atoms with Crippen molar-refractivity contribution >= 4 is 23.4 Å². The maximum absolute atomic E-state index is 11.8. The minimum absolute atomic E-state index is 0.240. The van der Waals surface area contributed by atoms with Crippen LogP contribution in [-0.4, -0.2) is 69.0 Å². The Labute approximate surface area is 179 Å². The summed E-state index contributed by atoms with van der Waals surface area (Å²) in [6.45, 7) is 3.82. The molecule has 3 N–H and O–H groups in total. The van der Waals surface area contributed by atoms with Gasteiger partial charge < -0.3 is 20.5 Å². The summed E-state index contributed by atoms with van der Waals surface area (Å²) in [6.07, 6.45) is 4.95. The van der Waals surface area contributed by atoms with Crippen molar-refractivity contribution in [3.8, 4) is 6.07 Å². The van der Waals surface area contributed by atoms with Gasteiger partial charge in [-0.25, -0.2) is 19.9 Å². The lowest BCUT2D eigenvalue weighted by molar-refractivity contribution is 0.0958. The summed E-state index contributed by atoms with van der Waals surface area (Å²) in [5.41, 5.74) is 2.16. The number of carbonyl (C=O) groups excluding carboxylic acids is 1. The third-order valence-electron chi connectivity index (χ3n) is 5.01. The van der Waals surface area contributed by atoms with Crippen molar-refractivity contribution in [3.63, 3.8) is 0 Å². The van der Waals surface area contributed by atoms with E-state index in [0.29, 0.717) is 18.3 Å². The number of imidazole rings is 1. The van der Waals surface area contributed by atoms with E-state index in [1.807, 2.05) is 6.07 Å². The monoisotopic (exact) mass is 418 g/mol. The molecule has 11 nitrogen and oxygen atoms in total. The summed E-state index contributed by atoms with van der Waals surface area (Å²) < 4.78 is 0. The number of amides is 1. The van der Waals surface area contributed by atoms with Crippen LogP contribution >= 0.6 is 0 Å². The highest BCUT2D eigenvalue weighted by Crippen LogP contribution is 2.21.